The topological polar surface area (TPSA) is 121 Å². The quantitative estimate of drug-likeness (QED) is 0.172. The van der Waals surface area contributed by atoms with Gasteiger partial charge in [0.2, 0.25) is 5.95 Å². The molecular formula is C25H38ClN5O4. The lowest BCUT2D eigenvalue weighted by Crippen LogP contribution is -2.11. The molecule has 0 unspecified atom stereocenters. The molecule has 9 nitrogen and oxygen atoms in total. The van der Waals surface area contributed by atoms with Gasteiger partial charge in [-0.2, -0.15) is 15.0 Å². The first-order valence-electron chi connectivity index (χ1n) is 12.3. The molecule has 35 heavy (non-hydrogen) atoms. The molecule has 0 bridgehead atoms. The van der Waals surface area contributed by atoms with Gasteiger partial charge in [-0.1, -0.05) is 31.7 Å². The van der Waals surface area contributed by atoms with Crippen molar-refractivity contribution in [2.24, 2.45) is 5.73 Å². The fourth-order valence-electron chi connectivity index (χ4n) is 3.42. The molecule has 0 saturated heterocycles. The zero-order valence-electron chi connectivity index (χ0n) is 20.9. The number of hydrogen-bond donors (Lipinski definition) is 2. The summed E-state index contributed by atoms with van der Waals surface area (Å²) in [6, 6.07) is 5.62. The third kappa shape index (κ3) is 10.7. The van der Waals surface area contributed by atoms with Gasteiger partial charge in [-0.25, -0.2) is 4.79 Å². The van der Waals surface area contributed by atoms with E-state index in [0.717, 1.165) is 37.9 Å². The van der Waals surface area contributed by atoms with E-state index in [-0.39, 0.29) is 6.01 Å². The van der Waals surface area contributed by atoms with Crippen LogP contribution in [0, 0.1) is 0 Å². The summed E-state index contributed by atoms with van der Waals surface area (Å²) in [6.45, 7) is 4.29. The Morgan fingerprint density at radius 2 is 1.80 bits per heavy atom. The molecular weight excluding hydrogens is 470 g/mol. The van der Waals surface area contributed by atoms with Gasteiger partial charge in [-0.15, -0.1) is 11.6 Å². The highest BCUT2D eigenvalue weighted by Gasteiger charge is 2.15. The molecule has 0 aliphatic heterocycles. The van der Waals surface area contributed by atoms with Crippen molar-refractivity contribution in [1.82, 2.24) is 15.0 Å². The van der Waals surface area contributed by atoms with Crippen LogP contribution in [0.3, 0.4) is 0 Å². The second-order valence-corrected chi connectivity index (χ2v) is 8.40. The minimum Gasteiger partial charge on any atom is -0.493 e. The second-order valence-electron chi connectivity index (χ2n) is 8.02. The lowest BCUT2D eigenvalue weighted by atomic mass is 10.1. The van der Waals surface area contributed by atoms with Crippen LogP contribution in [0.15, 0.2) is 18.2 Å². The van der Waals surface area contributed by atoms with E-state index < -0.39 is 5.97 Å². The van der Waals surface area contributed by atoms with Crippen molar-refractivity contribution in [3.8, 4) is 11.8 Å². The van der Waals surface area contributed by atoms with E-state index in [9.17, 15) is 4.79 Å². The molecule has 2 rings (SSSR count). The van der Waals surface area contributed by atoms with Crippen LogP contribution in [0.5, 0.6) is 11.8 Å². The van der Waals surface area contributed by atoms with Crippen molar-refractivity contribution in [2.75, 3.05) is 44.6 Å². The molecule has 3 N–H and O–H groups in total. The van der Waals surface area contributed by atoms with Gasteiger partial charge in [0.05, 0.1) is 20.3 Å². The van der Waals surface area contributed by atoms with Gasteiger partial charge < -0.3 is 25.3 Å². The number of nitrogens with two attached hydrogens (primary N) is 1. The summed E-state index contributed by atoms with van der Waals surface area (Å²) < 4.78 is 16.2. The van der Waals surface area contributed by atoms with Gasteiger partial charge >= 0.3 is 12.0 Å². The number of aromatic nitrogens is 3. The Hall–Kier alpha value is -2.65. The molecule has 0 radical (unpaired) electrons. The Morgan fingerprint density at radius 1 is 1.03 bits per heavy atom. The second kappa shape index (κ2) is 16.9. The summed E-state index contributed by atoms with van der Waals surface area (Å²) >= 11 is 5.75. The van der Waals surface area contributed by atoms with Gasteiger partial charge in [0.25, 0.3) is 0 Å². The maximum absolute atomic E-state index is 12.1. The molecule has 194 valence electrons. The van der Waals surface area contributed by atoms with Crippen molar-refractivity contribution in [1.29, 1.82) is 0 Å². The molecule has 1 aromatic carbocycles. The predicted octanol–water partition coefficient (Wildman–Crippen LogP) is 4.37. The number of esters is 1. The predicted molar refractivity (Wildman–Crippen MR) is 138 cm³/mol. The molecule has 0 amide bonds. The van der Waals surface area contributed by atoms with E-state index in [0.29, 0.717) is 55.0 Å². The van der Waals surface area contributed by atoms with Crippen molar-refractivity contribution >= 4 is 23.5 Å². The van der Waals surface area contributed by atoms with Crippen LogP contribution in [0.2, 0.25) is 0 Å². The van der Waals surface area contributed by atoms with E-state index in [1.54, 1.807) is 6.07 Å². The maximum atomic E-state index is 12.1. The van der Waals surface area contributed by atoms with Crippen molar-refractivity contribution < 1.29 is 19.0 Å². The lowest BCUT2D eigenvalue weighted by Gasteiger charge is -2.12. The Morgan fingerprint density at radius 3 is 2.51 bits per heavy atom. The number of nitrogens with zero attached hydrogens (tertiary/aromatic N) is 3. The molecule has 0 fully saturated rings. The molecule has 0 spiro atoms. The maximum Gasteiger partial charge on any atom is 0.341 e. The Labute approximate surface area is 213 Å². The molecule has 1 heterocycles. The van der Waals surface area contributed by atoms with Gasteiger partial charge in [0.1, 0.15) is 17.1 Å². The lowest BCUT2D eigenvalue weighted by molar-refractivity contribution is 0.0596. The normalized spacial score (nSPS) is 10.7. The van der Waals surface area contributed by atoms with Crippen LogP contribution in [-0.2, 0) is 11.2 Å². The highest BCUT2D eigenvalue weighted by atomic mass is 35.5. The Bertz CT molecular complexity index is 900. The van der Waals surface area contributed by atoms with E-state index >= 15 is 0 Å². The summed E-state index contributed by atoms with van der Waals surface area (Å²) in [5.41, 5.74) is 6.79. The van der Waals surface area contributed by atoms with Crippen LogP contribution < -0.4 is 20.5 Å². The van der Waals surface area contributed by atoms with Crippen molar-refractivity contribution in [3.05, 3.63) is 35.2 Å². The number of benzene rings is 1. The van der Waals surface area contributed by atoms with Crippen LogP contribution in [0.4, 0.5) is 5.95 Å². The minimum absolute atomic E-state index is 0.284. The zero-order valence-corrected chi connectivity index (χ0v) is 21.6. The number of carbonyl (C=O) groups is 1. The molecule has 1 aromatic heterocycles. The molecule has 0 saturated carbocycles. The number of anilines is 1. The van der Waals surface area contributed by atoms with E-state index in [1.165, 1.54) is 26.4 Å². The smallest absolute Gasteiger partial charge is 0.341 e. The Balaban J connectivity index is 2.06. The van der Waals surface area contributed by atoms with E-state index in [2.05, 4.69) is 20.3 Å². The fourth-order valence-corrected chi connectivity index (χ4v) is 3.53. The molecule has 0 aliphatic carbocycles. The first-order chi connectivity index (χ1) is 17.1. The standard InChI is InChI=1S/C25H38ClN5O4/c1-3-34-25-30-22(29-24(31-25)28-15-9-7-5-4-6-8-14-27)18-19-11-12-20(23(32)33-2)21(17-19)35-16-10-13-26/h11-12,17H,3-10,13-16,18,27H2,1-2H3,(H,28,29,30,31). The van der Waals surface area contributed by atoms with Gasteiger partial charge in [0, 0.05) is 18.8 Å². The van der Waals surface area contributed by atoms with Crippen LogP contribution in [-0.4, -0.2) is 60.2 Å². The van der Waals surface area contributed by atoms with E-state index in [1.807, 2.05) is 19.1 Å². The summed E-state index contributed by atoms with van der Waals surface area (Å²) in [6.07, 6.45) is 7.97. The third-order valence-corrected chi connectivity index (χ3v) is 5.47. The average Bonchev–Trinajstić information content (AvgIpc) is 2.85. The highest BCUT2D eigenvalue weighted by Crippen LogP contribution is 2.23. The van der Waals surface area contributed by atoms with Gasteiger partial charge in [0.15, 0.2) is 0 Å². The van der Waals surface area contributed by atoms with Crippen LogP contribution in [0.25, 0.3) is 0 Å². The number of ether oxygens (including phenoxy) is 3. The summed E-state index contributed by atoms with van der Waals surface area (Å²) in [5, 5.41) is 3.29. The number of nitrogens with one attached hydrogen (secondary N) is 1. The van der Waals surface area contributed by atoms with Crippen LogP contribution in [0.1, 0.15) is 73.6 Å². The number of hydrogen-bond acceptors (Lipinski definition) is 9. The van der Waals surface area contributed by atoms with Gasteiger partial charge in [-0.3, -0.25) is 0 Å². The SMILES string of the molecule is CCOc1nc(Cc2ccc(C(=O)OC)c(OCCCCl)c2)nc(NCCCCCCCCN)n1. The number of rotatable bonds is 18. The molecule has 10 heteroatoms. The van der Waals surface area contributed by atoms with E-state index in [4.69, 9.17) is 31.5 Å². The van der Waals surface area contributed by atoms with Gasteiger partial charge in [-0.05, 0) is 50.4 Å². The molecule has 0 aliphatic rings. The number of methoxy groups -OCH3 is 1. The monoisotopic (exact) mass is 507 g/mol. The fraction of sp³-hybridized carbons (Fsp3) is 0.600. The highest BCUT2D eigenvalue weighted by molar-refractivity contribution is 6.17. The Kier molecular flexibility index (Phi) is 13.8. The number of unbranched alkanes of at least 4 members (excludes halogenated alkanes) is 5. The summed E-state index contributed by atoms with van der Waals surface area (Å²) in [4.78, 5) is 25.5. The number of alkyl halides is 1. The van der Waals surface area contributed by atoms with Crippen molar-refractivity contribution in [3.63, 3.8) is 0 Å². The first kappa shape index (κ1) is 28.6. The summed E-state index contributed by atoms with van der Waals surface area (Å²) in [5.74, 6) is 1.52. The summed E-state index contributed by atoms with van der Waals surface area (Å²) in [7, 11) is 1.34. The number of carbonyl (C=O) groups excluding carboxylic acids is 1. The zero-order chi connectivity index (χ0) is 25.3. The molecule has 2 aromatic rings. The largest absolute Gasteiger partial charge is 0.493 e. The van der Waals surface area contributed by atoms with Crippen LogP contribution >= 0.6 is 11.6 Å². The third-order valence-electron chi connectivity index (χ3n) is 5.20. The minimum atomic E-state index is -0.456. The van der Waals surface area contributed by atoms with Crippen molar-refractivity contribution in [2.45, 2.75) is 58.3 Å². The average molecular weight is 508 g/mol. The number of halogens is 1. The first-order valence-corrected chi connectivity index (χ1v) is 12.9. The molecule has 0 atom stereocenters.